The van der Waals surface area contributed by atoms with Gasteiger partial charge in [-0.1, -0.05) is 30.3 Å². The first-order valence-electron chi connectivity index (χ1n) is 6.21. The summed E-state index contributed by atoms with van der Waals surface area (Å²) < 4.78 is 0.928. The van der Waals surface area contributed by atoms with Crippen molar-refractivity contribution in [2.45, 2.75) is 13.1 Å². The van der Waals surface area contributed by atoms with Crippen LogP contribution in [-0.4, -0.2) is 16.9 Å². The lowest BCUT2D eigenvalue weighted by molar-refractivity contribution is -0.385. The summed E-state index contributed by atoms with van der Waals surface area (Å²) in [4.78, 5) is 12.6. The maximum absolute atomic E-state index is 10.7. The van der Waals surface area contributed by atoms with Crippen molar-refractivity contribution in [3.05, 3.63) is 73.3 Å². The Kier molecular flexibility index (Phi) is 5.08. The summed E-state index contributed by atoms with van der Waals surface area (Å²) >= 11 is 2.15. The summed E-state index contributed by atoms with van der Waals surface area (Å²) in [6.07, 6.45) is 0. The number of nitro groups is 1. The first-order chi connectivity index (χ1) is 9.56. The van der Waals surface area contributed by atoms with Gasteiger partial charge in [0.1, 0.15) is 0 Å². The Labute approximate surface area is 131 Å². The zero-order valence-electron chi connectivity index (χ0n) is 11.1. The van der Waals surface area contributed by atoms with Gasteiger partial charge in [-0.3, -0.25) is 15.0 Å². The molecule has 104 valence electrons. The molecule has 0 unspecified atom stereocenters. The van der Waals surface area contributed by atoms with Crippen LogP contribution in [0.1, 0.15) is 11.1 Å². The predicted octanol–water partition coefficient (Wildman–Crippen LogP) is 3.83. The highest BCUT2D eigenvalue weighted by molar-refractivity contribution is 14.1. The molecule has 5 heteroatoms. The van der Waals surface area contributed by atoms with Crippen LogP contribution in [0.25, 0.3) is 0 Å². The molecule has 0 heterocycles. The van der Waals surface area contributed by atoms with Crippen LogP contribution < -0.4 is 0 Å². The van der Waals surface area contributed by atoms with Gasteiger partial charge in [-0.25, -0.2) is 0 Å². The minimum Gasteiger partial charge on any atom is -0.298 e. The van der Waals surface area contributed by atoms with Crippen molar-refractivity contribution in [2.75, 3.05) is 7.05 Å². The molecular formula is C15H15IN2O2. The molecule has 0 saturated carbocycles. The van der Waals surface area contributed by atoms with E-state index in [1.165, 1.54) is 5.56 Å². The molecule has 0 aliphatic carbocycles. The molecule has 0 amide bonds. The topological polar surface area (TPSA) is 46.4 Å². The van der Waals surface area contributed by atoms with E-state index in [9.17, 15) is 10.1 Å². The van der Waals surface area contributed by atoms with Crippen molar-refractivity contribution in [1.82, 2.24) is 4.90 Å². The lowest BCUT2D eigenvalue weighted by atomic mass is 10.1. The van der Waals surface area contributed by atoms with Crippen molar-refractivity contribution >= 4 is 28.3 Å². The molecule has 0 radical (unpaired) electrons. The third-order valence-corrected chi connectivity index (χ3v) is 3.99. The molecule has 0 bridgehead atoms. The van der Waals surface area contributed by atoms with Crippen LogP contribution >= 0.6 is 22.6 Å². The number of nitro benzene ring substituents is 1. The standard InChI is InChI=1S/C15H15IN2O2/c1-17(10-12-5-3-2-4-6-12)11-13-7-8-14(18(19)20)9-15(13)16/h2-9H,10-11H2,1H3. The third kappa shape index (κ3) is 4.01. The predicted molar refractivity (Wildman–Crippen MR) is 87.4 cm³/mol. The van der Waals surface area contributed by atoms with Gasteiger partial charge >= 0.3 is 0 Å². The lowest BCUT2D eigenvalue weighted by Gasteiger charge is -2.17. The number of rotatable bonds is 5. The molecule has 4 nitrogen and oxygen atoms in total. The van der Waals surface area contributed by atoms with Gasteiger partial charge in [0.25, 0.3) is 5.69 Å². The summed E-state index contributed by atoms with van der Waals surface area (Å²) in [6, 6.07) is 15.3. The fourth-order valence-corrected chi connectivity index (χ4v) is 2.69. The van der Waals surface area contributed by atoms with Crippen molar-refractivity contribution in [3.8, 4) is 0 Å². The second-order valence-electron chi connectivity index (χ2n) is 4.69. The average Bonchev–Trinajstić information content (AvgIpc) is 2.42. The molecule has 0 spiro atoms. The number of benzene rings is 2. The highest BCUT2D eigenvalue weighted by Gasteiger charge is 2.10. The largest absolute Gasteiger partial charge is 0.298 e. The molecule has 0 fully saturated rings. The zero-order valence-corrected chi connectivity index (χ0v) is 13.3. The highest BCUT2D eigenvalue weighted by atomic mass is 127. The lowest BCUT2D eigenvalue weighted by Crippen LogP contribution is -2.17. The number of hydrogen-bond donors (Lipinski definition) is 0. The van der Waals surface area contributed by atoms with E-state index in [4.69, 9.17) is 0 Å². The average molecular weight is 382 g/mol. The van der Waals surface area contributed by atoms with Gasteiger partial charge in [0.05, 0.1) is 4.92 Å². The SMILES string of the molecule is CN(Cc1ccccc1)Cc1ccc([N+](=O)[O-])cc1I. The van der Waals surface area contributed by atoms with Crippen LogP contribution in [-0.2, 0) is 13.1 Å². The second kappa shape index (κ2) is 6.81. The Hall–Kier alpha value is -1.47. The number of nitrogens with zero attached hydrogens (tertiary/aromatic N) is 2. The normalized spacial score (nSPS) is 10.8. The quantitative estimate of drug-likeness (QED) is 0.449. The van der Waals surface area contributed by atoms with Crippen LogP contribution in [0.2, 0.25) is 0 Å². The smallest absolute Gasteiger partial charge is 0.270 e. The van der Waals surface area contributed by atoms with E-state index in [0.29, 0.717) is 0 Å². The van der Waals surface area contributed by atoms with Crippen molar-refractivity contribution < 1.29 is 4.92 Å². The molecular weight excluding hydrogens is 367 g/mol. The maximum Gasteiger partial charge on any atom is 0.270 e. The second-order valence-corrected chi connectivity index (χ2v) is 5.85. The van der Waals surface area contributed by atoms with Gasteiger partial charge < -0.3 is 0 Å². The van der Waals surface area contributed by atoms with Gasteiger partial charge in [0.2, 0.25) is 0 Å². The monoisotopic (exact) mass is 382 g/mol. The van der Waals surface area contributed by atoms with E-state index >= 15 is 0 Å². The van der Waals surface area contributed by atoms with Crippen LogP contribution in [0, 0.1) is 13.7 Å². The van der Waals surface area contributed by atoms with E-state index in [2.05, 4.69) is 39.6 Å². The fourth-order valence-electron chi connectivity index (χ4n) is 2.02. The third-order valence-electron chi connectivity index (χ3n) is 2.98. The Bertz CT molecular complexity index is 602. The van der Waals surface area contributed by atoms with Gasteiger partial charge in [0.15, 0.2) is 0 Å². The molecule has 0 saturated heterocycles. The van der Waals surface area contributed by atoms with Crippen molar-refractivity contribution in [2.24, 2.45) is 0 Å². The maximum atomic E-state index is 10.7. The molecule has 0 N–H and O–H groups in total. The van der Waals surface area contributed by atoms with Crippen LogP contribution in [0.5, 0.6) is 0 Å². The Balaban J connectivity index is 2.04. The van der Waals surface area contributed by atoms with E-state index in [1.54, 1.807) is 12.1 Å². The molecule has 2 rings (SSSR count). The minimum absolute atomic E-state index is 0.142. The Morgan fingerprint density at radius 1 is 1.15 bits per heavy atom. The molecule has 2 aromatic rings. The molecule has 20 heavy (non-hydrogen) atoms. The molecule has 0 aromatic heterocycles. The Morgan fingerprint density at radius 2 is 1.85 bits per heavy atom. The van der Waals surface area contributed by atoms with Crippen LogP contribution in [0.4, 0.5) is 5.69 Å². The summed E-state index contributed by atoms with van der Waals surface area (Å²) in [5.41, 5.74) is 2.51. The zero-order chi connectivity index (χ0) is 14.5. The molecule has 0 aliphatic rings. The van der Waals surface area contributed by atoms with E-state index in [1.807, 2.05) is 31.3 Å². The van der Waals surface area contributed by atoms with Gasteiger partial charge in [-0.15, -0.1) is 0 Å². The highest BCUT2D eigenvalue weighted by Crippen LogP contribution is 2.21. The van der Waals surface area contributed by atoms with Gasteiger partial charge in [-0.05, 0) is 46.8 Å². The van der Waals surface area contributed by atoms with Crippen LogP contribution in [0.15, 0.2) is 48.5 Å². The summed E-state index contributed by atoms with van der Waals surface area (Å²) in [6.45, 7) is 1.62. The van der Waals surface area contributed by atoms with Gasteiger partial charge in [-0.2, -0.15) is 0 Å². The fraction of sp³-hybridized carbons (Fsp3) is 0.200. The van der Waals surface area contributed by atoms with Gasteiger partial charge in [0, 0.05) is 28.8 Å². The first-order valence-corrected chi connectivity index (χ1v) is 7.29. The summed E-state index contributed by atoms with van der Waals surface area (Å²) in [5.74, 6) is 0. The number of hydrogen-bond acceptors (Lipinski definition) is 3. The molecule has 2 aromatic carbocycles. The first kappa shape index (κ1) is 14.9. The number of halogens is 1. The van der Waals surface area contributed by atoms with E-state index in [-0.39, 0.29) is 10.6 Å². The summed E-state index contributed by atoms with van der Waals surface area (Å²) in [7, 11) is 2.05. The number of non-ortho nitro benzene ring substituents is 1. The van der Waals surface area contributed by atoms with Crippen molar-refractivity contribution in [1.29, 1.82) is 0 Å². The Morgan fingerprint density at radius 3 is 2.45 bits per heavy atom. The van der Waals surface area contributed by atoms with E-state index in [0.717, 1.165) is 22.2 Å². The molecule has 0 atom stereocenters. The minimum atomic E-state index is -0.361. The van der Waals surface area contributed by atoms with E-state index < -0.39 is 0 Å². The summed E-state index contributed by atoms with van der Waals surface area (Å²) in [5, 5.41) is 10.7. The molecule has 0 aliphatic heterocycles. The van der Waals surface area contributed by atoms with Crippen LogP contribution in [0.3, 0.4) is 0 Å². The van der Waals surface area contributed by atoms with Crippen molar-refractivity contribution in [3.63, 3.8) is 0 Å².